The Morgan fingerprint density at radius 2 is 1.91 bits per heavy atom. The van der Waals surface area contributed by atoms with E-state index in [0.29, 0.717) is 27.1 Å². The van der Waals surface area contributed by atoms with Crippen LogP contribution in [0.3, 0.4) is 0 Å². The number of hydrogen-bond donors (Lipinski definition) is 0. The van der Waals surface area contributed by atoms with Crippen LogP contribution in [-0.4, -0.2) is 42.7 Å². The number of hydrogen-bond acceptors (Lipinski definition) is 6. The molecule has 10 heteroatoms. The minimum atomic E-state index is -3.34. The van der Waals surface area contributed by atoms with Crippen LogP contribution in [0, 0.1) is 11.3 Å². The number of imide groups is 1. The van der Waals surface area contributed by atoms with Crippen molar-refractivity contribution < 1.29 is 22.4 Å². The Hall–Kier alpha value is -2.86. The van der Waals surface area contributed by atoms with E-state index in [-0.39, 0.29) is 34.6 Å². The van der Waals surface area contributed by atoms with E-state index in [4.69, 9.17) is 27.6 Å². The SMILES string of the molecule is CC1=C(C#N)C(=O)N([C@H]2CCS(=O)(=O)C2)C(=O)/C1=C/c1ccc(-c2ccc(Cl)c(Cl)c2)o1. The number of rotatable bonds is 3. The molecule has 0 bridgehead atoms. The topological polar surface area (TPSA) is 108 Å². The molecule has 0 radical (unpaired) electrons. The summed E-state index contributed by atoms with van der Waals surface area (Å²) in [4.78, 5) is 26.9. The van der Waals surface area contributed by atoms with Crippen molar-refractivity contribution in [3.63, 3.8) is 0 Å². The maximum atomic E-state index is 13.2. The van der Waals surface area contributed by atoms with Crippen LogP contribution in [0.15, 0.2) is 51.5 Å². The Balaban J connectivity index is 1.73. The summed E-state index contributed by atoms with van der Waals surface area (Å²) in [5.41, 5.74) is 0.793. The average molecular weight is 491 g/mol. The second kappa shape index (κ2) is 8.24. The molecule has 0 aliphatic carbocycles. The fourth-order valence-electron chi connectivity index (χ4n) is 3.79. The number of furan rings is 1. The van der Waals surface area contributed by atoms with Crippen molar-refractivity contribution in [2.45, 2.75) is 19.4 Å². The summed E-state index contributed by atoms with van der Waals surface area (Å²) in [6.45, 7) is 1.51. The van der Waals surface area contributed by atoms with Gasteiger partial charge in [0.2, 0.25) is 0 Å². The van der Waals surface area contributed by atoms with Crippen molar-refractivity contribution in [3.8, 4) is 17.4 Å². The molecule has 1 atom stereocenters. The molecule has 1 aromatic heterocycles. The van der Waals surface area contributed by atoms with Gasteiger partial charge in [-0.25, -0.2) is 8.42 Å². The monoisotopic (exact) mass is 490 g/mol. The quantitative estimate of drug-likeness (QED) is 0.474. The molecule has 1 saturated heterocycles. The van der Waals surface area contributed by atoms with Crippen LogP contribution < -0.4 is 0 Å². The standard InChI is InChI=1S/C22H16Cl2N2O5S/c1-12-16(9-15-3-5-20(31-15)13-2-4-18(23)19(24)8-13)21(27)26(22(28)17(12)10-25)14-6-7-32(29,30)11-14/h2-5,8-9,14H,6-7,11H2,1H3/b16-9+/t14-/m0/s1. The molecule has 2 aliphatic rings. The van der Waals surface area contributed by atoms with E-state index in [2.05, 4.69) is 0 Å². The van der Waals surface area contributed by atoms with Crippen molar-refractivity contribution >= 4 is 50.9 Å². The molecule has 2 aromatic rings. The van der Waals surface area contributed by atoms with Gasteiger partial charge in [-0.2, -0.15) is 5.26 Å². The van der Waals surface area contributed by atoms with Crippen molar-refractivity contribution in [1.29, 1.82) is 5.26 Å². The molecular formula is C22H16Cl2N2O5S. The largest absolute Gasteiger partial charge is 0.457 e. The highest BCUT2D eigenvalue weighted by Crippen LogP contribution is 2.33. The van der Waals surface area contributed by atoms with Gasteiger partial charge in [-0.1, -0.05) is 23.2 Å². The second-order valence-corrected chi connectivity index (χ2v) is 10.6. The predicted molar refractivity (Wildman–Crippen MR) is 119 cm³/mol. The van der Waals surface area contributed by atoms with E-state index in [1.165, 1.54) is 13.0 Å². The van der Waals surface area contributed by atoms with Crippen LogP contribution in [-0.2, 0) is 19.4 Å². The molecule has 0 unspecified atom stereocenters. The van der Waals surface area contributed by atoms with Crippen LogP contribution >= 0.6 is 23.2 Å². The van der Waals surface area contributed by atoms with Gasteiger partial charge < -0.3 is 4.42 Å². The molecule has 1 fully saturated rings. The van der Waals surface area contributed by atoms with Gasteiger partial charge in [-0.15, -0.1) is 0 Å². The van der Waals surface area contributed by atoms with E-state index in [1.807, 2.05) is 6.07 Å². The van der Waals surface area contributed by atoms with E-state index in [0.717, 1.165) is 4.90 Å². The minimum absolute atomic E-state index is 0.0977. The number of sulfone groups is 1. The summed E-state index contributed by atoms with van der Waals surface area (Å²) in [5.74, 6) is -1.04. The Morgan fingerprint density at radius 1 is 1.16 bits per heavy atom. The molecule has 1 aromatic carbocycles. The molecule has 0 N–H and O–H groups in total. The third kappa shape index (κ3) is 3.99. The summed E-state index contributed by atoms with van der Waals surface area (Å²) in [7, 11) is -3.34. The molecule has 4 rings (SSSR count). The van der Waals surface area contributed by atoms with Gasteiger partial charge >= 0.3 is 0 Å². The third-order valence-electron chi connectivity index (χ3n) is 5.46. The minimum Gasteiger partial charge on any atom is -0.457 e. The lowest BCUT2D eigenvalue weighted by Crippen LogP contribution is -2.49. The number of carbonyl (C=O) groups is 2. The first-order valence-corrected chi connectivity index (χ1v) is 12.2. The van der Waals surface area contributed by atoms with E-state index in [1.54, 1.807) is 30.3 Å². The van der Waals surface area contributed by atoms with Crippen molar-refractivity contribution in [1.82, 2.24) is 4.90 Å². The second-order valence-electron chi connectivity index (χ2n) is 7.54. The van der Waals surface area contributed by atoms with Gasteiger partial charge in [0.1, 0.15) is 23.2 Å². The van der Waals surface area contributed by atoms with Crippen LogP contribution in [0.1, 0.15) is 19.1 Å². The summed E-state index contributed by atoms with van der Waals surface area (Å²) in [5, 5.41) is 10.3. The van der Waals surface area contributed by atoms with E-state index >= 15 is 0 Å². The Kier molecular flexibility index (Phi) is 5.76. The number of halogens is 2. The molecule has 0 saturated carbocycles. The number of benzene rings is 1. The molecule has 2 amide bonds. The van der Waals surface area contributed by atoms with Gasteiger partial charge in [0.15, 0.2) is 9.84 Å². The maximum Gasteiger partial charge on any atom is 0.271 e. The van der Waals surface area contributed by atoms with Crippen molar-refractivity contribution in [3.05, 3.63) is 62.9 Å². The maximum absolute atomic E-state index is 13.2. The number of nitrogens with zero attached hydrogens (tertiary/aromatic N) is 2. The molecule has 2 aliphatic heterocycles. The molecule has 7 nitrogen and oxygen atoms in total. The summed E-state index contributed by atoms with van der Waals surface area (Å²) in [6, 6.07) is 9.38. The molecule has 164 valence electrons. The lowest BCUT2D eigenvalue weighted by Gasteiger charge is -2.31. The predicted octanol–water partition coefficient (Wildman–Crippen LogP) is 4.03. The smallest absolute Gasteiger partial charge is 0.271 e. The zero-order valence-corrected chi connectivity index (χ0v) is 19.1. The van der Waals surface area contributed by atoms with Gasteiger partial charge in [-0.05, 0) is 55.3 Å². The molecule has 32 heavy (non-hydrogen) atoms. The normalized spacial score (nSPS) is 22.0. The fraction of sp³-hybridized carbons (Fsp3) is 0.227. The first kappa shape index (κ1) is 22.3. The third-order valence-corrected chi connectivity index (χ3v) is 7.95. The average Bonchev–Trinajstić information content (AvgIpc) is 3.34. The zero-order chi connectivity index (χ0) is 23.2. The molecule has 3 heterocycles. The van der Waals surface area contributed by atoms with Crippen LogP contribution in [0.5, 0.6) is 0 Å². The first-order valence-electron chi connectivity index (χ1n) is 9.58. The van der Waals surface area contributed by atoms with E-state index in [9.17, 15) is 23.3 Å². The first-order chi connectivity index (χ1) is 15.1. The van der Waals surface area contributed by atoms with Crippen LogP contribution in [0.25, 0.3) is 17.4 Å². The van der Waals surface area contributed by atoms with Gasteiger partial charge in [0.25, 0.3) is 11.8 Å². The molecule has 0 spiro atoms. The lowest BCUT2D eigenvalue weighted by atomic mass is 9.93. The summed E-state index contributed by atoms with van der Waals surface area (Å²) in [6.07, 6.45) is 1.59. The van der Waals surface area contributed by atoms with Gasteiger partial charge in [-0.3, -0.25) is 14.5 Å². The lowest BCUT2D eigenvalue weighted by molar-refractivity contribution is -0.142. The van der Waals surface area contributed by atoms with Crippen molar-refractivity contribution in [2.75, 3.05) is 11.5 Å². The number of carbonyl (C=O) groups excluding carboxylic acids is 2. The van der Waals surface area contributed by atoms with Crippen molar-refractivity contribution in [2.24, 2.45) is 0 Å². The summed E-state index contributed by atoms with van der Waals surface area (Å²) >= 11 is 12.0. The highest BCUT2D eigenvalue weighted by atomic mass is 35.5. The highest BCUT2D eigenvalue weighted by molar-refractivity contribution is 7.91. The fourth-order valence-corrected chi connectivity index (χ4v) is 5.79. The van der Waals surface area contributed by atoms with Crippen LogP contribution in [0.4, 0.5) is 0 Å². The Morgan fingerprint density at radius 3 is 2.53 bits per heavy atom. The Labute approximate surface area is 194 Å². The number of nitriles is 1. The number of amides is 2. The summed E-state index contributed by atoms with van der Waals surface area (Å²) < 4.78 is 29.6. The van der Waals surface area contributed by atoms with E-state index < -0.39 is 27.7 Å². The Bertz CT molecular complexity index is 1360. The molecular weight excluding hydrogens is 475 g/mol. The highest BCUT2D eigenvalue weighted by Gasteiger charge is 2.43. The zero-order valence-electron chi connectivity index (χ0n) is 16.8. The van der Waals surface area contributed by atoms with Crippen LogP contribution in [0.2, 0.25) is 10.0 Å². The van der Waals surface area contributed by atoms with Gasteiger partial charge in [0.05, 0.1) is 27.6 Å². The van der Waals surface area contributed by atoms with Gasteiger partial charge in [0, 0.05) is 11.1 Å².